The van der Waals surface area contributed by atoms with Crippen molar-refractivity contribution < 1.29 is 23.5 Å². The fourth-order valence-electron chi connectivity index (χ4n) is 3.80. The van der Waals surface area contributed by atoms with Gasteiger partial charge in [-0.05, 0) is 71.6 Å². The average molecular weight is 506 g/mol. The van der Waals surface area contributed by atoms with Gasteiger partial charge in [0.2, 0.25) is 0 Å². The largest absolute Gasteiger partial charge is 0.491 e. The molecule has 1 heterocycles. The van der Waals surface area contributed by atoms with E-state index in [-0.39, 0.29) is 36.7 Å². The molecule has 3 aromatic rings. The molecule has 2 amide bonds. The van der Waals surface area contributed by atoms with Crippen LogP contribution >= 0.6 is 11.8 Å². The molecule has 36 heavy (non-hydrogen) atoms. The van der Waals surface area contributed by atoms with Crippen LogP contribution in [0, 0.1) is 12.7 Å². The molecule has 1 aliphatic heterocycles. The van der Waals surface area contributed by atoms with Crippen LogP contribution in [0.1, 0.15) is 42.0 Å². The smallest absolute Gasteiger partial charge is 0.293 e. The van der Waals surface area contributed by atoms with Crippen molar-refractivity contribution in [2.75, 3.05) is 13.2 Å². The SMILES string of the molecule is Cc1ccc(C(C)C)c(OCCN2C(=O)S/C(=C\c3ccccc3OCc3ccc(F)cc3)C2=O)c1. The van der Waals surface area contributed by atoms with Crippen molar-refractivity contribution in [1.82, 2.24) is 4.90 Å². The number of benzene rings is 3. The Morgan fingerprint density at radius 3 is 2.47 bits per heavy atom. The molecule has 7 heteroatoms. The molecule has 0 spiro atoms. The van der Waals surface area contributed by atoms with Crippen LogP contribution in [-0.2, 0) is 11.4 Å². The number of carbonyl (C=O) groups is 2. The molecule has 0 unspecified atom stereocenters. The first-order valence-electron chi connectivity index (χ1n) is 11.8. The van der Waals surface area contributed by atoms with Crippen molar-refractivity contribution in [2.24, 2.45) is 0 Å². The van der Waals surface area contributed by atoms with Gasteiger partial charge in [-0.2, -0.15) is 0 Å². The summed E-state index contributed by atoms with van der Waals surface area (Å²) >= 11 is 0.904. The number of ether oxygens (including phenoxy) is 2. The van der Waals surface area contributed by atoms with Crippen molar-refractivity contribution in [1.29, 1.82) is 0 Å². The third-order valence-electron chi connectivity index (χ3n) is 5.75. The van der Waals surface area contributed by atoms with Crippen LogP contribution in [0.2, 0.25) is 0 Å². The molecule has 186 valence electrons. The maximum atomic E-state index is 13.1. The van der Waals surface area contributed by atoms with Gasteiger partial charge in [0, 0.05) is 5.56 Å². The molecule has 0 N–H and O–H groups in total. The second kappa shape index (κ2) is 11.4. The second-order valence-electron chi connectivity index (χ2n) is 8.83. The van der Waals surface area contributed by atoms with Crippen LogP contribution in [0.25, 0.3) is 6.08 Å². The Morgan fingerprint density at radius 1 is 0.972 bits per heavy atom. The number of carbonyl (C=O) groups excluding carboxylic acids is 2. The summed E-state index contributed by atoms with van der Waals surface area (Å²) in [7, 11) is 0. The van der Waals surface area contributed by atoms with Gasteiger partial charge in [0.25, 0.3) is 11.1 Å². The second-order valence-corrected chi connectivity index (χ2v) is 9.82. The topological polar surface area (TPSA) is 55.8 Å². The predicted molar refractivity (Wildman–Crippen MR) is 141 cm³/mol. The normalized spacial score (nSPS) is 14.7. The Morgan fingerprint density at radius 2 is 1.72 bits per heavy atom. The van der Waals surface area contributed by atoms with Crippen LogP contribution in [0.15, 0.2) is 71.6 Å². The molecule has 0 aromatic heterocycles. The highest BCUT2D eigenvalue weighted by molar-refractivity contribution is 8.18. The average Bonchev–Trinajstić information content (AvgIpc) is 3.11. The Bertz CT molecular complexity index is 1290. The summed E-state index contributed by atoms with van der Waals surface area (Å²) in [6.45, 7) is 6.82. The summed E-state index contributed by atoms with van der Waals surface area (Å²) in [6, 6.07) is 19.4. The van der Waals surface area contributed by atoms with Gasteiger partial charge >= 0.3 is 0 Å². The van der Waals surface area contributed by atoms with Gasteiger partial charge in [-0.3, -0.25) is 14.5 Å². The van der Waals surface area contributed by atoms with E-state index in [1.807, 2.05) is 43.3 Å². The van der Waals surface area contributed by atoms with Crippen LogP contribution in [0.4, 0.5) is 9.18 Å². The number of imide groups is 1. The Kier molecular flexibility index (Phi) is 8.10. The van der Waals surface area contributed by atoms with E-state index in [2.05, 4.69) is 13.8 Å². The maximum Gasteiger partial charge on any atom is 0.293 e. The summed E-state index contributed by atoms with van der Waals surface area (Å²) in [4.78, 5) is 27.1. The molecule has 0 saturated carbocycles. The van der Waals surface area contributed by atoms with E-state index >= 15 is 0 Å². The number of halogens is 1. The van der Waals surface area contributed by atoms with Crippen LogP contribution in [0.5, 0.6) is 11.5 Å². The summed E-state index contributed by atoms with van der Waals surface area (Å²) in [5, 5.41) is -0.326. The van der Waals surface area contributed by atoms with Gasteiger partial charge in [-0.25, -0.2) is 4.39 Å². The minimum absolute atomic E-state index is 0.163. The summed E-state index contributed by atoms with van der Waals surface area (Å²) < 4.78 is 25.0. The zero-order valence-corrected chi connectivity index (χ0v) is 21.3. The lowest BCUT2D eigenvalue weighted by atomic mass is 10.0. The van der Waals surface area contributed by atoms with E-state index in [0.29, 0.717) is 22.1 Å². The Labute approximate surface area is 214 Å². The predicted octanol–water partition coefficient (Wildman–Crippen LogP) is 6.95. The van der Waals surface area contributed by atoms with Crippen molar-refractivity contribution in [3.63, 3.8) is 0 Å². The Hall–Kier alpha value is -3.58. The van der Waals surface area contributed by atoms with E-state index in [0.717, 1.165) is 34.2 Å². The molecule has 1 saturated heterocycles. The van der Waals surface area contributed by atoms with Gasteiger partial charge in [-0.15, -0.1) is 0 Å². The zero-order chi connectivity index (χ0) is 25.7. The van der Waals surface area contributed by atoms with Gasteiger partial charge < -0.3 is 9.47 Å². The van der Waals surface area contributed by atoms with Crippen molar-refractivity contribution >= 4 is 29.0 Å². The third-order valence-corrected chi connectivity index (χ3v) is 6.66. The van der Waals surface area contributed by atoms with Crippen LogP contribution in [-0.4, -0.2) is 29.2 Å². The molecule has 1 fully saturated rings. The minimum atomic E-state index is -0.352. The lowest BCUT2D eigenvalue weighted by Gasteiger charge is -2.17. The van der Waals surface area contributed by atoms with E-state index in [1.165, 1.54) is 17.0 Å². The number of para-hydroxylation sites is 1. The number of hydrogen-bond acceptors (Lipinski definition) is 5. The first-order valence-corrected chi connectivity index (χ1v) is 12.6. The van der Waals surface area contributed by atoms with E-state index < -0.39 is 0 Å². The highest BCUT2D eigenvalue weighted by Crippen LogP contribution is 2.34. The molecule has 4 rings (SSSR count). The maximum absolute atomic E-state index is 13.1. The first kappa shape index (κ1) is 25.5. The molecule has 3 aromatic carbocycles. The zero-order valence-electron chi connectivity index (χ0n) is 20.5. The van der Waals surface area contributed by atoms with Crippen molar-refractivity contribution in [3.8, 4) is 11.5 Å². The molecule has 1 aliphatic rings. The number of amides is 2. The van der Waals surface area contributed by atoms with Gasteiger partial charge in [0.05, 0.1) is 11.4 Å². The fourth-order valence-corrected chi connectivity index (χ4v) is 4.65. The number of thioether (sulfide) groups is 1. The number of hydrogen-bond donors (Lipinski definition) is 0. The molecular weight excluding hydrogens is 477 g/mol. The molecule has 0 aliphatic carbocycles. The molecule has 0 bridgehead atoms. The summed E-state index contributed by atoms with van der Waals surface area (Å²) in [6.07, 6.45) is 1.67. The van der Waals surface area contributed by atoms with Gasteiger partial charge in [-0.1, -0.05) is 56.3 Å². The van der Waals surface area contributed by atoms with E-state index in [4.69, 9.17) is 9.47 Å². The van der Waals surface area contributed by atoms with Crippen molar-refractivity contribution in [3.05, 3.63) is 99.7 Å². The molecule has 0 radical (unpaired) electrons. The highest BCUT2D eigenvalue weighted by atomic mass is 32.2. The van der Waals surface area contributed by atoms with Crippen molar-refractivity contribution in [2.45, 2.75) is 33.3 Å². The standard InChI is InChI=1S/C29H28FNO4S/c1-19(2)24-13-8-20(3)16-26(24)34-15-14-31-28(32)27(36-29(31)33)17-22-6-4-5-7-25(22)35-18-21-9-11-23(30)12-10-21/h4-13,16-17,19H,14-15,18H2,1-3H3/b27-17-. The fraction of sp³-hybridized carbons (Fsp3) is 0.241. The lowest BCUT2D eigenvalue weighted by Crippen LogP contribution is -2.32. The van der Waals surface area contributed by atoms with Crippen LogP contribution < -0.4 is 9.47 Å². The number of rotatable bonds is 9. The summed E-state index contributed by atoms with van der Waals surface area (Å²) in [5.41, 5.74) is 3.68. The lowest BCUT2D eigenvalue weighted by molar-refractivity contribution is -0.123. The van der Waals surface area contributed by atoms with Gasteiger partial charge in [0.15, 0.2) is 0 Å². The quantitative estimate of drug-likeness (QED) is 0.295. The first-order chi connectivity index (χ1) is 17.3. The highest BCUT2D eigenvalue weighted by Gasteiger charge is 2.35. The molecule has 0 atom stereocenters. The van der Waals surface area contributed by atoms with E-state index in [9.17, 15) is 14.0 Å². The van der Waals surface area contributed by atoms with E-state index in [1.54, 1.807) is 24.3 Å². The van der Waals surface area contributed by atoms with Gasteiger partial charge in [0.1, 0.15) is 30.5 Å². The van der Waals surface area contributed by atoms with Crippen LogP contribution in [0.3, 0.4) is 0 Å². The minimum Gasteiger partial charge on any atom is -0.491 e. The molecule has 5 nitrogen and oxygen atoms in total. The summed E-state index contributed by atoms with van der Waals surface area (Å²) in [5.74, 6) is 0.984. The molecular formula is C29H28FNO4S. The number of aryl methyl sites for hydroxylation is 1. The Balaban J connectivity index is 1.42. The third kappa shape index (κ3) is 6.15. The number of nitrogens with zero attached hydrogens (tertiary/aromatic N) is 1. The monoisotopic (exact) mass is 505 g/mol.